The van der Waals surface area contributed by atoms with Crippen molar-refractivity contribution in [3.05, 3.63) is 52.3 Å². The number of carbonyl (C=O) groups excluding carboxylic acids is 1. The smallest absolute Gasteiger partial charge is 0.257 e. The topological polar surface area (TPSA) is 75.5 Å². The summed E-state index contributed by atoms with van der Waals surface area (Å²) in [6.45, 7) is 2.24. The molecule has 0 saturated carbocycles. The van der Waals surface area contributed by atoms with Crippen molar-refractivity contribution in [1.29, 1.82) is 0 Å². The van der Waals surface area contributed by atoms with Gasteiger partial charge in [-0.3, -0.25) is 9.48 Å². The maximum Gasteiger partial charge on any atom is 0.257 e. The summed E-state index contributed by atoms with van der Waals surface area (Å²) in [7, 11) is -3.45. The van der Waals surface area contributed by atoms with Crippen molar-refractivity contribution >= 4 is 27.5 Å². The Bertz CT molecular complexity index is 981. The van der Waals surface area contributed by atoms with Crippen molar-refractivity contribution in [3.8, 4) is 0 Å². The number of benzene rings is 1. The molecule has 1 saturated heterocycles. The van der Waals surface area contributed by atoms with Gasteiger partial charge in [-0.05, 0) is 37.0 Å². The molecule has 150 valence electrons. The van der Waals surface area contributed by atoms with E-state index in [-0.39, 0.29) is 11.7 Å². The van der Waals surface area contributed by atoms with E-state index in [9.17, 15) is 13.2 Å². The van der Waals surface area contributed by atoms with Gasteiger partial charge in [-0.15, -0.1) is 0 Å². The Labute approximate surface area is 169 Å². The lowest BCUT2D eigenvalue weighted by Gasteiger charge is -2.34. The first-order chi connectivity index (χ1) is 13.4. The zero-order valence-electron chi connectivity index (χ0n) is 15.6. The SMILES string of the molecule is O=C(c1cnn2c1CCCC2)N1CCN(S(=O)(=O)Cc2cccc(Cl)c2)CC1. The number of aryl methyl sites for hydroxylation is 1. The minimum Gasteiger partial charge on any atom is -0.336 e. The molecule has 1 aromatic carbocycles. The Hall–Kier alpha value is -1.90. The molecule has 0 atom stereocenters. The molecule has 0 aliphatic carbocycles. The highest BCUT2D eigenvalue weighted by molar-refractivity contribution is 7.88. The van der Waals surface area contributed by atoms with E-state index in [1.807, 2.05) is 4.68 Å². The molecule has 0 radical (unpaired) electrons. The highest BCUT2D eigenvalue weighted by atomic mass is 35.5. The predicted octanol–water partition coefficient (Wildman–Crippen LogP) is 2.16. The van der Waals surface area contributed by atoms with Gasteiger partial charge in [0.1, 0.15) is 0 Å². The highest BCUT2D eigenvalue weighted by Crippen LogP contribution is 2.21. The number of sulfonamides is 1. The number of fused-ring (bicyclic) bond motifs is 1. The lowest BCUT2D eigenvalue weighted by molar-refractivity contribution is 0.0696. The molecule has 0 bridgehead atoms. The van der Waals surface area contributed by atoms with Crippen LogP contribution in [-0.4, -0.2) is 59.5 Å². The van der Waals surface area contributed by atoms with Crippen LogP contribution in [0.2, 0.25) is 5.02 Å². The lowest BCUT2D eigenvalue weighted by Crippen LogP contribution is -2.50. The number of carbonyl (C=O) groups is 1. The molecule has 28 heavy (non-hydrogen) atoms. The summed E-state index contributed by atoms with van der Waals surface area (Å²) in [5, 5.41) is 4.85. The van der Waals surface area contributed by atoms with Crippen LogP contribution in [-0.2, 0) is 28.7 Å². The van der Waals surface area contributed by atoms with E-state index in [1.54, 1.807) is 35.4 Å². The van der Waals surface area contributed by atoms with Crippen LogP contribution in [0.15, 0.2) is 30.5 Å². The zero-order valence-corrected chi connectivity index (χ0v) is 17.1. The summed E-state index contributed by atoms with van der Waals surface area (Å²) in [6, 6.07) is 6.89. The fourth-order valence-corrected chi connectivity index (χ4v) is 5.58. The van der Waals surface area contributed by atoms with Crippen LogP contribution in [0.5, 0.6) is 0 Å². The molecular weight excluding hydrogens is 400 g/mol. The second-order valence-electron chi connectivity index (χ2n) is 7.26. The summed E-state index contributed by atoms with van der Waals surface area (Å²) in [5.41, 5.74) is 2.33. The highest BCUT2D eigenvalue weighted by Gasteiger charge is 2.31. The third-order valence-corrected chi connectivity index (χ3v) is 7.46. The molecule has 2 aliphatic rings. The van der Waals surface area contributed by atoms with Crippen molar-refractivity contribution in [1.82, 2.24) is 19.0 Å². The molecule has 1 amide bonds. The average molecular weight is 423 g/mol. The van der Waals surface area contributed by atoms with Gasteiger partial charge in [-0.1, -0.05) is 23.7 Å². The van der Waals surface area contributed by atoms with Gasteiger partial charge < -0.3 is 4.90 Å². The maximum absolute atomic E-state index is 12.9. The van der Waals surface area contributed by atoms with Crippen LogP contribution >= 0.6 is 11.6 Å². The van der Waals surface area contributed by atoms with Crippen molar-refractivity contribution in [3.63, 3.8) is 0 Å². The number of rotatable bonds is 4. The summed E-state index contributed by atoms with van der Waals surface area (Å²) >= 11 is 5.95. The largest absolute Gasteiger partial charge is 0.336 e. The number of piperazine rings is 1. The van der Waals surface area contributed by atoms with Crippen molar-refractivity contribution in [2.45, 2.75) is 31.6 Å². The Balaban J connectivity index is 1.40. The third-order valence-electron chi connectivity index (χ3n) is 5.37. The zero-order chi connectivity index (χ0) is 19.7. The first-order valence-electron chi connectivity index (χ1n) is 9.50. The van der Waals surface area contributed by atoms with Gasteiger partial charge in [0.05, 0.1) is 23.2 Å². The van der Waals surface area contributed by atoms with E-state index in [0.717, 1.165) is 31.5 Å². The van der Waals surface area contributed by atoms with Gasteiger partial charge in [0.15, 0.2) is 0 Å². The molecule has 0 unspecified atom stereocenters. The summed E-state index contributed by atoms with van der Waals surface area (Å²) in [4.78, 5) is 14.6. The lowest BCUT2D eigenvalue weighted by atomic mass is 10.1. The second kappa shape index (κ2) is 7.85. The standard InChI is InChI=1S/C19H23ClN4O3S/c20-16-5-3-4-15(12-16)14-28(26,27)23-10-8-22(9-11-23)19(25)17-13-21-24-7-2-1-6-18(17)24/h3-5,12-13H,1-2,6-11,14H2. The number of hydrogen-bond acceptors (Lipinski definition) is 4. The third kappa shape index (κ3) is 3.94. The van der Waals surface area contributed by atoms with Crippen molar-refractivity contribution in [2.24, 2.45) is 0 Å². The van der Waals surface area contributed by atoms with E-state index in [4.69, 9.17) is 11.6 Å². The van der Waals surface area contributed by atoms with Crippen molar-refractivity contribution < 1.29 is 13.2 Å². The van der Waals surface area contributed by atoms with Gasteiger partial charge in [-0.2, -0.15) is 9.40 Å². The van der Waals surface area contributed by atoms with Crippen LogP contribution in [0.3, 0.4) is 0 Å². The van der Waals surface area contributed by atoms with E-state index in [2.05, 4.69) is 5.10 Å². The van der Waals surface area contributed by atoms with Crippen LogP contribution < -0.4 is 0 Å². The normalized spacial score (nSPS) is 18.1. The Morgan fingerprint density at radius 3 is 2.64 bits per heavy atom. The first kappa shape index (κ1) is 19.4. The fraction of sp³-hybridized carbons (Fsp3) is 0.474. The van der Waals surface area contributed by atoms with Crippen LogP contribution in [0.1, 0.15) is 34.5 Å². The molecule has 2 aliphatic heterocycles. The summed E-state index contributed by atoms with van der Waals surface area (Å²) < 4.78 is 28.8. The van der Waals surface area contributed by atoms with Crippen LogP contribution in [0, 0.1) is 0 Å². The molecule has 0 spiro atoms. The predicted molar refractivity (Wildman–Crippen MR) is 107 cm³/mol. The van der Waals surface area contributed by atoms with E-state index >= 15 is 0 Å². The number of amides is 1. The van der Waals surface area contributed by atoms with Gasteiger partial charge in [0.2, 0.25) is 10.0 Å². The maximum atomic E-state index is 12.9. The van der Waals surface area contributed by atoms with Crippen molar-refractivity contribution in [2.75, 3.05) is 26.2 Å². The van der Waals surface area contributed by atoms with Crippen LogP contribution in [0.4, 0.5) is 0 Å². The summed E-state index contributed by atoms with van der Waals surface area (Å²) in [5.74, 6) is -0.131. The Kier molecular flexibility index (Phi) is 5.44. The molecule has 0 N–H and O–H groups in total. The van der Waals surface area contributed by atoms with E-state index in [1.165, 1.54) is 4.31 Å². The van der Waals surface area contributed by atoms with Gasteiger partial charge >= 0.3 is 0 Å². The number of aromatic nitrogens is 2. The monoisotopic (exact) mass is 422 g/mol. The molecule has 9 heteroatoms. The molecule has 2 aromatic rings. The number of halogens is 1. The van der Waals surface area contributed by atoms with Gasteiger partial charge in [0.25, 0.3) is 5.91 Å². The van der Waals surface area contributed by atoms with E-state index in [0.29, 0.717) is 42.3 Å². The number of hydrogen-bond donors (Lipinski definition) is 0. The van der Waals surface area contributed by atoms with Gasteiger partial charge in [0, 0.05) is 37.7 Å². The Morgan fingerprint density at radius 2 is 1.89 bits per heavy atom. The van der Waals surface area contributed by atoms with Gasteiger partial charge in [-0.25, -0.2) is 8.42 Å². The minimum atomic E-state index is -3.45. The van der Waals surface area contributed by atoms with E-state index < -0.39 is 10.0 Å². The number of nitrogens with zero attached hydrogens (tertiary/aromatic N) is 4. The first-order valence-corrected chi connectivity index (χ1v) is 11.5. The molecule has 3 heterocycles. The molecule has 7 nitrogen and oxygen atoms in total. The quantitative estimate of drug-likeness (QED) is 0.756. The molecular formula is C19H23ClN4O3S. The summed E-state index contributed by atoms with van der Waals surface area (Å²) in [6.07, 6.45) is 4.69. The minimum absolute atomic E-state index is 0.0463. The molecule has 1 aromatic heterocycles. The molecule has 1 fully saturated rings. The molecule has 4 rings (SSSR count). The second-order valence-corrected chi connectivity index (χ2v) is 9.67. The van der Waals surface area contributed by atoms with Crippen LogP contribution in [0.25, 0.3) is 0 Å². The Morgan fingerprint density at radius 1 is 1.11 bits per heavy atom. The fourth-order valence-electron chi connectivity index (χ4n) is 3.87. The average Bonchev–Trinajstić information content (AvgIpc) is 3.11.